The van der Waals surface area contributed by atoms with Gasteiger partial charge >= 0.3 is 0 Å². The van der Waals surface area contributed by atoms with E-state index >= 15 is 0 Å². The molecule has 3 N–H and O–H groups in total. The Hall–Kier alpha value is -2.57. The number of benzene rings is 2. The average Bonchev–Trinajstić information content (AvgIpc) is 2.70. The van der Waals surface area contributed by atoms with E-state index in [-0.39, 0.29) is 6.04 Å². The number of anilines is 1. The molecule has 26 heavy (non-hydrogen) atoms. The molecule has 2 aromatic rings. The molecule has 1 aliphatic heterocycles. The fourth-order valence-electron chi connectivity index (χ4n) is 3.11. The van der Waals surface area contributed by atoms with Gasteiger partial charge in [0.05, 0.1) is 38.6 Å². The van der Waals surface area contributed by atoms with Gasteiger partial charge in [-0.05, 0) is 17.7 Å². The van der Waals surface area contributed by atoms with Crippen molar-refractivity contribution in [2.75, 3.05) is 45.3 Å². The monoisotopic (exact) mass is 354 g/mol. The molecular formula is C20H26N4O2. The lowest BCUT2D eigenvalue weighted by atomic mass is 10.1. The maximum absolute atomic E-state index is 6.13. The number of para-hydroxylation sites is 2. The highest BCUT2D eigenvalue weighted by molar-refractivity contribution is 5.93. The minimum atomic E-state index is 0.179. The third kappa shape index (κ3) is 4.74. The maximum Gasteiger partial charge on any atom is 0.193 e. The first-order valence-electron chi connectivity index (χ1n) is 8.84. The van der Waals surface area contributed by atoms with Gasteiger partial charge in [0, 0.05) is 13.1 Å². The number of nitrogens with one attached hydrogen (secondary N) is 1. The molecule has 3 rings (SSSR count). The molecule has 1 atom stereocenters. The van der Waals surface area contributed by atoms with Crippen molar-refractivity contribution in [3.63, 3.8) is 0 Å². The first kappa shape index (κ1) is 18.2. The zero-order chi connectivity index (χ0) is 18.2. The van der Waals surface area contributed by atoms with Crippen LogP contribution in [0.5, 0.6) is 5.75 Å². The molecular weight excluding hydrogens is 328 g/mol. The Morgan fingerprint density at radius 2 is 1.85 bits per heavy atom. The van der Waals surface area contributed by atoms with Crippen molar-refractivity contribution in [1.29, 1.82) is 0 Å². The van der Waals surface area contributed by atoms with E-state index in [1.807, 2.05) is 30.3 Å². The zero-order valence-electron chi connectivity index (χ0n) is 15.1. The normalized spacial score (nSPS) is 16.9. The molecule has 0 bridgehead atoms. The summed E-state index contributed by atoms with van der Waals surface area (Å²) < 4.78 is 10.8. The lowest BCUT2D eigenvalue weighted by molar-refractivity contribution is 0.0180. The van der Waals surface area contributed by atoms with Gasteiger partial charge in [0.15, 0.2) is 5.96 Å². The minimum absolute atomic E-state index is 0.179. The van der Waals surface area contributed by atoms with E-state index in [0.29, 0.717) is 12.5 Å². The molecule has 1 fully saturated rings. The third-order valence-electron chi connectivity index (χ3n) is 4.48. The molecule has 0 radical (unpaired) electrons. The Morgan fingerprint density at radius 1 is 1.15 bits per heavy atom. The van der Waals surface area contributed by atoms with Gasteiger partial charge in [-0.3, -0.25) is 9.89 Å². The molecule has 1 unspecified atom stereocenters. The van der Waals surface area contributed by atoms with Crippen LogP contribution >= 0.6 is 0 Å². The van der Waals surface area contributed by atoms with E-state index in [1.54, 1.807) is 7.11 Å². The van der Waals surface area contributed by atoms with Crippen LogP contribution < -0.4 is 15.8 Å². The van der Waals surface area contributed by atoms with Gasteiger partial charge in [-0.2, -0.15) is 0 Å². The summed E-state index contributed by atoms with van der Waals surface area (Å²) in [6.45, 7) is 3.88. The minimum Gasteiger partial charge on any atom is -0.495 e. The van der Waals surface area contributed by atoms with Gasteiger partial charge in [0.25, 0.3) is 0 Å². The van der Waals surface area contributed by atoms with Crippen LogP contribution in [0.25, 0.3) is 0 Å². The second kappa shape index (κ2) is 9.22. The lowest BCUT2D eigenvalue weighted by Crippen LogP contribution is -2.40. The summed E-state index contributed by atoms with van der Waals surface area (Å²) >= 11 is 0. The van der Waals surface area contributed by atoms with Crippen LogP contribution in [0.1, 0.15) is 11.6 Å². The molecule has 1 heterocycles. The summed E-state index contributed by atoms with van der Waals surface area (Å²) in [5, 5.41) is 3.13. The number of aliphatic imine (C=N–C) groups is 1. The predicted molar refractivity (Wildman–Crippen MR) is 105 cm³/mol. The summed E-state index contributed by atoms with van der Waals surface area (Å²) in [7, 11) is 1.64. The fourth-order valence-corrected chi connectivity index (χ4v) is 3.11. The number of hydrogen-bond acceptors (Lipinski definition) is 4. The molecule has 0 aromatic heterocycles. The number of nitrogens with zero attached hydrogens (tertiary/aromatic N) is 2. The van der Waals surface area contributed by atoms with Gasteiger partial charge < -0.3 is 20.5 Å². The van der Waals surface area contributed by atoms with Crippen LogP contribution in [-0.4, -0.2) is 50.8 Å². The molecule has 6 heteroatoms. The van der Waals surface area contributed by atoms with Crippen LogP contribution in [0.4, 0.5) is 5.69 Å². The molecule has 6 nitrogen and oxygen atoms in total. The first-order chi connectivity index (χ1) is 12.8. The molecule has 1 saturated heterocycles. The highest BCUT2D eigenvalue weighted by atomic mass is 16.5. The molecule has 0 spiro atoms. The number of methoxy groups -OCH3 is 1. The smallest absolute Gasteiger partial charge is 0.193 e. The molecule has 0 saturated carbocycles. The Balaban J connectivity index is 1.72. The van der Waals surface area contributed by atoms with Crippen LogP contribution in [-0.2, 0) is 4.74 Å². The lowest BCUT2D eigenvalue weighted by Gasteiger charge is -2.34. The number of hydrogen-bond donors (Lipinski definition) is 2. The van der Waals surface area contributed by atoms with Crippen molar-refractivity contribution >= 4 is 11.6 Å². The molecule has 1 aliphatic rings. The standard InChI is InChI=1S/C20H26N4O2/c1-25-19-10-6-5-9-17(19)23-20(21)22-15-18(16-7-3-2-4-8-16)24-11-13-26-14-12-24/h2-10,18H,11-15H2,1H3,(H3,21,22,23). The SMILES string of the molecule is COc1ccccc1NC(N)=NCC(c1ccccc1)N1CCOCC1. The van der Waals surface area contributed by atoms with Crippen molar-refractivity contribution in [2.24, 2.45) is 10.7 Å². The van der Waals surface area contributed by atoms with Crippen LogP contribution in [0.15, 0.2) is 59.6 Å². The van der Waals surface area contributed by atoms with E-state index in [2.05, 4.69) is 39.5 Å². The predicted octanol–water partition coefficient (Wildman–Crippen LogP) is 2.50. The first-order valence-corrected chi connectivity index (χ1v) is 8.84. The van der Waals surface area contributed by atoms with Crippen LogP contribution in [0, 0.1) is 0 Å². The topological polar surface area (TPSA) is 72.1 Å². The number of guanidine groups is 1. The van der Waals surface area contributed by atoms with E-state index in [0.717, 1.165) is 37.7 Å². The molecule has 0 amide bonds. The van der Waals surface area contributed by atoms with E-state index < -0.39 is 0 Å². The molecule has 0 aliphatic carbocycles. The summed E-state index contributed by atoms with van der Waals surface area (Å²) in [6, 6.07) is 18.2. The van der Waals surface area contributed by atoms with Gasteiger partial charge in [0.2, 0.25) is 0 Å². The quantitative estimate of drug-likeness (QED) is 0.616. The van der Waals surface area contributed by atoms with Gasteiger partial charge in [-0.15, -0.1) is 0 Å². The van der Waals surface area contributed by atoms with Crippen molar-refractivity contribution in [3.05, 3.63) is 60.2 Å². The number of nitrogens with two attached hydrogens (primary N) is 1. The van der Waals surface area contributed by atoms with E-state index in [4.69, 9.17) is 15.2 Å². The van der Waals surface area contributed by atoms with Crippen molar-refractivity contribution in [3.8, 4) is 5.75 Å². The Kier molecular flexibility index (Phi) is 6.46. The summed E-state index contributed by atoms with van der Waals surface area (Å²) in [6.07, 6.45) is 0. The number of morpholine rings is 1. The van der Waals surface area contributed by atoms with Gasteiger partial charge in [-0.25, -0.2) is 0 Å². The van der Waals surface area contributed by atoms with Crippen molar-refractivity contribution < 1.29 is 9.47 Å². The largest absolute Gasteiger partial charge is 0.495 e. The average molecular weight is 354 g/mol. The van der Waals surface area contributed by atoms with Gasteiger partial charge in [0.1, 0.15) is 5.75 Å². The Labute approximate surface area is 154 Å². The second-order valence-electron chi connectivity index (χ2n) is 6.13. The summed E-state index contributed by atoms with van der Waals surface area (Å²) in [4.78, 5) is 6.99. The summed E-state index contributed by atoms with van der Waals surface area (Å²) in [5.74, 6) is 1.11. The van der Waals surface area contributed by atoms with E-state index in [9.17, 15) is 0 Å². The highest BCUT2D eigenvalue weighted by Crippen LogP contribution is 2.24. The Bertz CT molecular complexity index is 715. The van der Waals surface area contributed by atoms with Gasteiger partial charge in [-0.1, -0.05) is 42.5 Å². The number of ether oxygens (including phenoxy) is 2. The van der Waals surface area contributed by atoms with E-state index in [1.165, 1.54) is 5.56 Å². The van der Waals surface area contributed by atoms with Crippen LogP contribution in [0.2, 0.25) is 0 Å². The highest BCUT2D eigenvalue weighted by Gasteiger charge is 2.22. The third-order valence-corrected chi connectivity index (χ3v) is 4.48. The fraction of sp³-hybridized carbons (Fsp3) is 0.350. The maximum atomic E-state index is 6.13. The zero-order valence-corrected chi connectivity index (χ0v) is 15.1. The second-order valence-corrected chi connectivity index (χ2v) is 6.13. The van der Waals surface area contributed by atoms with Crippen molar-refractivity contribution in [2.45, 2.75) is 6.04 Å². The molecule has 138 valence electrons. The van der Waals surface area contributed by atoms with Crippen molar-refractivity contribution in [1.82, 2.24) is 4.90 Å². The number of rotatable bonds is 6. The Morgan fingerprint density at radius 3 is 2.58 bits per heavy atom. The molecule has 2 aromatic carbocycles. The summed E-state index contributed by atoms with van der Waals surface area (Å²) in [5.41, 5.74) is 8.17. The van der Waals surface area contributed by atoms with Crippen LogP contribution in [0.3, 0.4) is 0 Å².